The van der Waals surface area contributed by atoms with Crippen molar-refractivity contribution >= 4 is 16.0 Å². The van der Waals surface area contributed by atoms with Gasteiger partial charge in [0, 0.05) is 0 Å². The predicted octanol–water partition coefficient (Wildman–Crippen LogP) is -1.09. The summed E-state index contributed by atoms with van der Waals surface area (Å²) in [7, 11) is -4.41. The predicted molar refractivity (Wildman–Crippen MR) is 34.7 cm³/mol. The lowest BCUT2D eigenvalue weighted by Crippen LogP contribution is -2.33. The molecule has 5 nitrogen and oxygen atoms in total. The van der Waals surface area contributed by atoms with Crippen molar-refractivity contribution in [1.82, 2.24) is 0 Å². The molecule has 10 heavy (non-hydrogen) atoms. The minimum absolute atomic E-state index is 0.762. The smallest absolute Gasteiger partial charge is 0.280 e. The number of primary amides is 1. The van der Waals surface area contributed by atoms with Gasteiger partial charge in [0.25, 0.3) is 10.1 Å². The Kier molecular flexibility index (Phi) is 2.56. The van der Waals surface area contributed by atoms with Gasteiger partial charge >= 0.3 is 0 Å². The summed E-state index contributed by atoms with van der Waals surface area (Å²) in [6.07, 6.45) is 0.762. The minimum atomic E-state index is -4.41. The maximum absolute atomic E-state index is 10.2. The maximum Gasteiger partial charge on any atom is 0.280 e. The van der Waals surface area contributed by atoms with E-state index in [0.29, 0.717) is 0 Å². The zero-order valence-electron chi connectivity index (χ0n) is 5.02. The molecule has 1 unspecified atom stereocenters. The van der Waals surface area contributed by atoms with Crippen molar-refractivity contribution in [3.63, 3.8) is 0 Å². The van der Waals surface area contributed by atoms with Crippen molar-refractivity contribution in [1.29, 1.82) is 0 Å². The van der Waals surface area contributed by atoms with E-state index in [-0.39, 0.29) is 0 Å². The molecule has 1 amide bonds. The van der Waals surface area contributed by atoms with E-state index in [1.54, 1.807) is 0 Å². The van der Waals surface area contributed by atoms with Crippen LogP contribution in [0.2, 0.25) is 0 Å². The van der Waals surface area contributed by atoms with Crippen LogP contribution in [0.25, 0.3) is 0 Å². The molecule has 0 heterocycles. The zero-order valence-corrected chi connectivity index (χ0v) is 5.84. The molecule has 0 aromatic carbocycles. The summed E-state index contributed by atoms with van der Waals surface area (Å²) in [4.78, 5) is 10.2. The highest BCUT2D eigenvalue weighted by Gasteiger charge is 2.24. The van der Waals surface area contributed by atoms with Crippen LogP contribution < -0.4 is 5.73 Å². The first-order valence-electron chi connectivity index (χ1n) is 2.27. The Morgan fingerprint density at radius 3 is 2.10 bits per heavy atom. The first-order chi connectivity index (χ1) is 4.39. The van der Waals surface area contributed by atoms with E-state index in [1.165, 1.54) is 0 Å². The van der Waals surface area contributed by atoms with Gasteiger partial charge < -0.3 is 5.73 Å². The highest BCUT2D eigenvalue weighted by Crippen LogP contribution is 1.97. The molecule has 1 atom stereocenters. The summed E-state index contributed by atoms with van der Waals surface area (Å²) in [6.45, 7) is 3.01. The molecule has 0 aliphatic carbocycles. The number of carbonyl (C=O) groups is 1. The van der Waals surface area contributed by atoms with Crippen LogP contribution in [0.1, 0.15) is 0 Å². The molecule has 6 heteroatoms. The van der Waals surface area contributed by atoms with Crippen molar-refractivity contribution in [2.75, 3.05) is 0 Å². The standard InChI is InChI=1S/C4H7NO4S/c1-2-3(4(5)6)10(7,8)9/h2-3H,1H2,(H2,5,6)(H,7,8,9). The molecule has 0 aliphatic rings. The molecular weight excluding hydrogens is 158 g/mol. The molecule has 3 N–H and O–H groups in total. The third-order valence-electron chi connectivity index (χ3n) is 0.815. The largest absolute Gasteiger partial charge is 0.368 e. The zero-order chi connectivity index (χ0) is 8.36. The molecule has 0 saturated heterocycles. The number of rotatable bonds is 3. The first-order valence-corrected chi connectivity index (χ1v) is 3.78. The van der Waals surface area contributed by atoms with Gasteiger partial charge in [-0.15, -0.1) is 6.58 Å². The van der Waals surface area contributed by atoms with Gasteiger partial charge in [-0.3, -0.25) is 9.35 Å². The van der Waals surface area contributed by atoms with Crippen LogP contribution in [0.4, 0.5) is 0 Å². The highest BCUT2D eigenvalue weighted by molar-refractivity contribution is 7.87. The molecule has 0 radical (unpaired) electrons. The van der Waals surface area contributed by atoms with Crippen LogP contribution in [0.3, 0.4) is 0 Å². The van der Waals surface area contributed by atoms with E-state index in [1.807, 2.05) is 0 Å². The summed E-state index contributed by atoms with van der Waals surface area (Å²) in [6, 6.07) is 0. The van der Waals surface area contributed by atoms with E-state index < -0.39 is 21.3 Å². The van der Waals surface area contributed by atoms with E-state index in [0.717, 1.165) is 6.08 Å². The van der Waals surface area contributed by atoms with Crippen LogP contribution in [-0.4, -0.2) is 24.1 Å². The Morgan fingerprint density at radius 1 is 1.70 bits per heavy atom. The van der Waals surface area contributed by atoms with Crippen molar-refractivity contribution in [2.45, 2.75) is 5.25 Å². The summed E-state index contributed by atoms with van der Waals surface area (Å²) >= 11 is 0. The fourth-order valence-electron chi connectivity index (χ4n) is 0.385. The quantitative estimate of drug-likeness (QED) is 0.410. The van der Waals surface area contributed by atoms with Gasteiger partial charge in [0.15, 0.2) is 5.25 Å². The molecular formula is C4H7NO4S. The first kappa shape index (κ1) is 9.12. The summed E-state index contributed by atoms with van der Waals surface area (Å²) in [5.41, 5.74) is 4.58. The van der Waals surface area contributed by atoms with Crippen molar-refractivity contribution in [3.8, 4) is 0 Å². The lowest BCUT2D eigenvalue weighted by Gasteiger charge is -2.01. The molecule has 0 aliphatic heterocycles. The molecule has 0 aromatic rings. The number of amides is 1. The summed E-state index contributed by atoms with van der Waals surface area (Å²) in [5, 5.41) is -1.70. The second kappa shape index (κ2) is 2.80. The SMILES string of the molecule is C=CC(C(N)=O)S(=O)(=O)O. The Bertz CT molecular complexity index is 242. The van der Waals surface area contributed by atoms with Gasteiger partial charge in [0.2, 0.25) is 5.91 Å². The second-order valence-corrected chi connectivity index (χ2v) is 3.11. The monoisotopic (exact) mass is 165 g/mol. The molecule has 0 spiro atoms. The van der Waals surface area contributed by atoms with Crippen LogP contribution in [-0.2, 0) is 14.9 Å². The number of hydrogen-bond acceptors (Lipinski definition) is 3. The number of carbonyl (C=O) groups excluding carboxylic acids is 1. The average Bonchev–Trinajstić information content (AvgIpc) is 1.60. The maximum atomic E-state index is 10.2. The minimum Gasteiger partial charge on any atom is -0.368 e. The van der Waals surface area contributed by atoms with Crippen molar-refractivity contribution in [2.24, 2.45) is 5.73 Å². The van der Waals surface area contributed by atoms with Gasteiger partial charge in [0.05, 0.1) is 0 Å². The van der Waals surface area contributed by atoms with Crippen molar-refractivity contribution < 1.29 is 17.8 Å². The van der Waals surface area contributed by atoms with Gasteiger partial charge in [-0.25, -0.2) is 0 Å². The summed E-state index contributed by atoms with van der Waals surface area (Å²) < 4.78 is 28.6. The summed E-state index contributed by atoms with van der Waals surface area (Å²) in [5.74, 6) is -1.14. The van der Waals surface area contributed by atoms with Crippen LogP contribution in [0.15, 0.2) is 12.7 Å². The molecule has 58 valence electrons. The number of nitrogens with two attached hydrogens (primary N) is 1. The van der Waals surface area contributed by atoms with Gasteiger partial charge in [0.1, 0.15) is 0 Å². The highest BCUT2D eigenvalue weighted by atomic mass is 32.2. The Balaban J connectivity index is 4.72. The lowest BCUT2D eigenvalue weighted by molar-refractivity contribution is -0.116. The third kappa shape index (κ3) is 2.16. The van der Waals surface area contributed by atoms with E-state index in [2.05, 4.69) is 12.3 Å². The Hall–Kier alpha value is -0.880. The normalized spacial score (nSPS) is 14.1. The van der Waals surface area contributed by atoms with Crippen LogP contribution in [0, 0.1) is 0 Å². The van der Waals surface area contributed by atoms with Gasteiger partial charge in [-0.2, -0.15) is 8.42 Å². The topological polar surface area (TPSA) is 97.5 Å². The molecule has 0 saturated carbocycles. The van der Waals surface area contributed by atoms with Crippen LogP contribution >= 0.6 is 0 Å². The molecule has 0 aromatic heterocycles. The Morgan fingerprint density at radius 2 is 2.10 bits per heavy atom. The third-order valence-corrected chi connectivity index (χ3v) is 1.88. The van der Waals surface area contributed by atoms with Crippen molar-refractivity contribution in [3.05, 3.63) is 12.7 Å². The fraction of sp³-hybridized carbons (Fsp3) is 0.250. The van der Waals surface area contributed by atoms with E-state index >= 15 is 0 Å². The van der Waals surface area contributed by atoms with Gasteiger partial charge in [-0.05, 0) is 0 Å². The molecule has 0 fully saturated rings. The second-order valence-electron chi connectivity index (χ2n) is 1.57. The van der Waals surface area contributed by atoms with E-state index in [9.17, 15) is 13.2 Å². The number of hydrogen-bond donors (Lipinski definition) is 2. The van der Waals surface area contributed by atoms with Gasteiger partial charge in [-0.1, -0.05) is 6.08 Å². The Labute approximate surface area is 58.3 Å². The van der Waals surface area contributed by atoms with Crippen LogP contribution in [0.5, 0.6) is 0 Å². The fourth-order valence-corrected chi connectivity index (χ4v) is 0.921. The van der Waals surface area contributed by atoms with E-state index in [4.69, 9.17) is 4.55 Å². The lowest BCUT2D eigenvalue weighted by atomic mass is 10.4. The molecule has 0 bridgehead atoms. The molecule has 0 rings (SSSR count). The average molecular weight is 165 g/mol.